The smallest absolute Gasteiger partial charge is 0.418 e. The third-order valence-electron chi connectivity index (χ3n) is 8.25. The van der Waals surface area contributed by atoms with Crippen molar-refractivity contribution in [2.45, 2.75) is 44.9 Å². The van der Waals surface area contributed by atoms with Crippen LogP contribution < -0.4 is 25.8 Å². The topological polar surface area (TPSA) is 141 Å². The zero-order valence-corrected chi connectivity index (χ0v) is 25.4. The number of hydrogen-bond donors (Lipinski definition) is 2. The van der Waals surface area contributed by atoms with Gasteiger partial charge in [-0.1, -0.05) is 11.6 Å². The lowest BCUT2D eigenvalue weighted by Crippen LogP contribution is -2.32. The summed E-state index contributed by atoms with van der Waals surface area (Å²) in [6.45, 7) is 4.34. The van der Waals surface area contributed by atoms with Crippen molar-refractivity contribution in [3.8, 4) is 23.0 Å². The molecule has 2 aliphatic rings. The maximum Gasteiger partial charge on any atom is 0.418 e. The Morgan fingerprint density at radius 2 is 1.91 bits per heavy atom. The molecule has 238 valence electrons. The van der Waals surface area contributed by atoms with Crippen LogP contribution in [0.2, 0.25) is 5.02 Å². The molecule has 2 atom stereocenters. The fourth-order valence-electron chi connectivity index (χ4n) is 6.01. The Hall–Kier alpha value is -4.24. The average Bonchev–Trinajstić information content (AvgIpc) is 3.28. The van der Waals surface area contributed by atoms with E-state index in [1.165, 1.54) is 19.3 Å². The molecule has 45 heavy (non-hydrogen) atoms. The van der Waals surface area contributed by atoms with Gasteiger partial charge in [-0.3, -0.25) is 4.98 Å². The molecule has 1 aromatic carbocycles. The minimum absolute atomic E-state index is 0.000663. The van der Waals surface area contributed by atoms with Crippen molar-refractivity contribution >= 4 is 40.0 Å². The van der Waals surface area contributed by atoms with Crippen LogP contribution in [-0.2, 0) is 6.18 Å². The van der Waals surface area contributed by atoms with Crippen LogP contribution in [0.1, 0.15) is 42.6 Å². The number of rotatable bonds is 6. The van der Waals surface area contributed by atoms with Gasteiger partial charge < -0.3 is 30.7 Å². The van der Waals surface area contributed by atoms with Crippen molar-refractivity contribution in [1.82, 2.24) is 29.8 Å². The zero-order chi connectivity index (χ0) is 32.2. The van der Waals surface area contributed by atoms with E-state index in [0.29, 0.717) is 5.69 Å². The molecule has 1 saturated heterocycles. The van der Waals surface area contributed by atoms with Gasteiger partial charge in [-0.2, -0.15) is 23.1 Å². The van der Waals surface area contributed by atoms with Gasteiger partial charge >= 0.3 is 12.2 Å². The summed E-state index contributed by atoms with van der Waals surface area (Å²) in [5.41, 5.74) is 9.22. The van der Waals surface area contributed by atoms with E-state index in [2.05, 4.69) is 29.8 Å². The van der Waals surface area contributed by atoms with E-state index in [1.54, 1.807) is 4.90 Å². The van der Waals surface area contributed by atoms with E-state index in [4.69, 9.17) is 32.5 Å². The molecule has 0 bridgehead atoms. The van der Waals surface area contributed by atoms with E-state index in [-0.39, 0.29) is 71.5 Å². The summed E-state index contributed by atoms with van der Waals surface area (Å²) < 4.78 is 71.9. The summed E-state index contributed by atoms with van der Waals surface area (Å²) in [6.07, 6.45) is -0.0715. The summed E-state index contributed by atoms with van der Waals surface area (Å²) in [5.74, 6) is -1.14. The van der Waals surface area contributed by atoms with Crippen LogP contribution in [0.4, 0.5) is 35.0 Å². The first-order valence-electron chi connectivity index (χ1n) is 14.2. The van der Waals surface area contributed by atoms with Crippen molar-refractivity contribution in [2.75, 3.05) is 49.7 Å². The fourth-order valence-corrected chi connectivity index (χ4v) is 6.33. The van der Waals surface area contributed by atoms with Crippen LogP contribution in [-0.4, -0.2) is 69.2 Å². The SMILES string of the molecule is Cc1cc(N)nc(-c2c(Cl)c3c4c(nc(OC[C@@H]5CCCN5C)nc4c2F)N([C@H](C)c2nccnc2N)CCO3)c1C(F)(F)F. The molecule has 4 N–H and O–H groups in total. The second-order valence-corrected chi connectivity index (χ2v) is 11.5. The first-order chi connectivity index (χ1) is 21.4. The standard InChI is InChI=1S/C29H30ClF4N9O2/c1-13-11-16(35)39-23(19(13)29(32,33)34)17-20(30)25-18-24(21(17)31)40-28(45-12-15-5-4-8-42(15)3)41-27(18)43(9-10-44-25)14(2)22-26(36)38-7-6-37-22/h6-7,11,14-15H,4-5,8-10,12H2,1-3H3,(H2,35,39)(H2,36,38)/t14-,15+/m1/s1. The number of alkyl halides is 3. The Morgan fingerprint density at radius 3 is 2.60 bits per heavy atom. The quantitative estimate of drug-likeness (QED) is 0.267. The van der Waals surface area contributed by atoms with Crippen molar-refractivity contribution in [1.29, 1.82) is 0 Å². The number of halogens is 5. The largest absolute Gasteiger partial charge is 0.489 e. The van der Waals surface area contributed by atoms with Crippen LogP contribution in [0, 0.1) is 12.7 Å². The van der Waals surface area contributed by atoms with Gasteiger partial charge in [0.1, 0.15) is 41.9 Å². The van der Waals surface area contributed by atoms with Gasteiger partial charge in [-0.25, -0.2) is 14.4 Å². The predicted octanol–water partition coefficient (Wildman–Crippen LogP) is 5.20. The van der Waals surface area contributed by atoms with Crippen LogP contribution >= 0.6 is 11.6 Å². The molecule has 0 radical (unpaired) electrons. The van der Waals surface area contributed by atoms with Gasteiger partial charge in [0.25, 0.3) is 0 Å². The molecule has 3 aromatic heterocycles. The van der Waals surface area contributed by atoms with Crippen LogP contribution in [0.25, 0.3) is 22.2 Å². The highest BCUT2D eigenvalue weighted by molar-refractivity contribution is 6.36. The van der Waals surface area contributed by atoms with Crippen molar-refractivity contribution in [2.24, 2.45) is 0 Å². The molecule has 4 aromatic rings. The van der Waals surface area contributed by atoms with Gasteiger partial charge in [0.2, 0.25) is 0 Å². The molecule has 0 aliphatic carbocycles. The first kappa shape index (κ1) is 30.8. The number of nitrogens with two attached hydrogens (primary N) is 2. The number of aryl methyl sites for hydroxylation is 1. The average molecular weight is 648 g/mol. The Labute approximate surface area is 260 Å². The van der Waals surface area contributed by atoms with Crippen LogP contribution in [0.5, 0.6) is 11.8 Å². The van der Waals surface area contributed by atoms with Crippen molar-refractivity contribution < 1.29 is 27.0 Å². The van der Waals surface area contributed by atoms with Crippen molar-refractivity contribution in [3.05, 3.63) is 46.1 Å². The summed E-state index contributed by atoms with van der Waals surface area (Å²) in [7, 11) is 1.97. The summed E-state index contributed by atoms with van der Waals surface area (Å²) in [5, 5.41) is -0.379. The van der Waals surface area contributed by atoms with E-state index >= 15 is 4.39 Å². The summed E-state index contributed by atoms with van der Waals surface area (Å²) >= 11 is 6.74. The van der Waals surface area contributed by atoms with Gasteiger partial charge in [0.05, 0.1) is 39.8 Å². The van der Waals surface area contributed by atoms with Gasteiger partial charge in [0.15, 0.2) is 11.6 Å². The maximum atomic E-state index is 16.8. The first-order valence-corrected chi connectivity index (χ1v) is 14.6. The molecule has 5 heterocycles. The fraction of sp³-hybridized carbons (Fsp3) is 0.414. The number of anilines is 3. The number of likely N-dealkylation sites (N-methyl/N-ethyl adjacent to an activating group) is 1. The zero-order valence-electron chi connectivity index (χ0n) is 24.6. The summed E-state index contributed by atoms with van der Waals surface area (Å²) in [6, 6.07) is 0.428. The molecule has 0 amide bonds. The van der Waals surface area contributed by atoms with Gasteiger partial charge in [-0.15, -0.1) is 0 Å². The third-order valence-corrected chi connectivity index (χ3v) is 8.61. The highest BCUT2D eigenvalue weighted by Crippen LogP contribution is 2.50. The monoisotopic (exact) mass is 647 g/mol. The lowest BCUT2D eigenvalue weighted by molar-refractivity contribution is -0.137. The molecule has 0 saturated carbocycles. The van der Waals surface area contributed by atoms with Crippen LogP contribution in [0.15, 0.2) is 18.5 Å². The number of nitrogen functional groups attached to an aromatic ring is 2. The van der Waals surface area contributed by atoms with Gasteiger partial charge in [0, 0.05) is 18.4 Å². The molecule has 11 nitrogen and oxygen atoms in total. The molecule has 0 spiro atoms. The lowest BCUT2D eigenvalue weighted by atomic mass is 9.98. The highest BCUT2D eigenvalue weighted by atomic mass is 35.5. The Morgan fingerprint density at radius 1 is 1.16 bits per heavy atom. The van der Waals surface area contributed by atoms with Crippen molar-refractivity contribution in [3.63, 3.8) is 0 Å². The Balaban J connectivity index is 1.61. The predicted molar refractivity (Wildman–Crippen MR) is 161 cm³/mol. The maximum absolute atomic E-state index is 16.8. The number of nitrogens with zero attached hydrogens (tertiary/aromatic N) is 7. The minimum Gasteiger partial charge on any atom is -0.489 e. The number of aromatic nitrogens is 5. The van der Waals surface area contributed by atoms with Crippen LogP contribution in [0.3, 0.4) is 0 Å². The van der Waals surface area contributed by atoms with Gasteiger partial charge in [-0.05, 0) is 51.9 Å². The summed E-state index contributed by atoms with van der Waals surface area (Å²) in [4.78, 5) is 25.4. The number of benzene rings is 1. The molecule has 2 aliphatic heterocycles. The normalized spacial score (nSPS) is 17.8. The van der Waals surface area contributed by atoms with E-state index in [9.17, 15) is 13.2 Å². The molecule has 0 unspecified atom stereocenters. The molecule has 6 rings (SSSR count). The molecule has 1 fully saturated rings. The number of pyridine rings is 1. The Bertz CT molecular complexity index is 1790. The number of hydrogen-bond acceptors (Lipinski definition) is 11. The molecule has 16 heteroatoms. The number of ether oxygens (including phenoxy) is 2. The second kappa shape index (κ2) is 11.6. The van der Waals surface area contributed by atoms with E-state index in [1.807, 2.05) is 14.0 Å². The van der Waals surface area contributed by atoms with E-state index < -0.39 is 39.9 Å². The lowest BCUT2D eigenvalue weighted by Gasteiger charge is -2.29. The Kier molecular flexibility index (Phi) is 7.93. The molecular formula is C29H30ClF4N9O2. The second-order valence-electron chi connectivity index (χ2n) is 11.1. The minimum atomic E-state index is -4.90. The highest BCUT2D eigenvalue weighted by Gasteiger charge is 2.40. The van der Waals surface area contributed by atoms with E-state index in [0.717, 1.165) is 25.5 Å². The third kappa shape index (κ3) is 5.47. The molecular weight excluding hydrogens is 618 g/mol. The number of likely N-dealkylation sites (tertiary alicyclic amines) is 1.